The van der Waals surface area contributed by atoms with Crippen LogP contribution >= 0.6 is 22.7 Å². The maximum absolute atomic E-state index is 12.9. The minimum Gasteiger partial charge on any atom is -0.266 e. The van der Waals surface area contributed by atoms with Crippen LogP contribution in [0.1, 0.15) is 21.8 Å². The number of halogens is 1. The number of hydrogen-bond donors (Lipinski definition) is 0. The number of nitrogens with zero attached hydrogens (tertiary/aromatic N) is 3. The van der Waals surface area contributed by atoms with Crippen molar-refractivity contribution in [2.45, 2.75) is 6.92 Å². The summed E-state index contributed by atoms with van der Waals surface area (Å²) in [6.45, 7) is 2.02. The normalized spacial score (nSPS) is 12.6. The van der Waals surface area contributed by atoms with Gasteiger partial charge in [-0.25, -0.2) is 4.39 Å². The van der Waals surface area contributed by atoms with Gasteiger partial charge >= 0.3 is 0 Å². The topological polar surface area (TPSA) is 47.3 Å². The molecule has 0 N–H and O–H groups in total. The lowest BCUT2D eigenvalue weighted by atomic mass is 10.2. The summed E-state index contributed by atoms with van der Waals surface area (Å²) in [5.74, 6) is 0.171. The molecule has 0 fully saturated rings. The van der Waals surface area contributed by atoms with E-state index in [2.05, 4.69) is 10.1 Å². The third-order valence-corrected chi connectivity index (χ3v) is 5.58. The molecule has 0 aliphatic carbocycles. The van der Waals surface area contributed by atoms with Gasteiger partial charge in [0.05, 0.1) is 4.53 Å². The van der Waals surface area contributed by atoms with E-state index in [1.807, 2.05) is 24.4 Å². The van der Waals surface area contributed by atoms with Gasteiger partial charge in [-0.1, -0.05) is 29.5 Å². The quantitative estimate of drug-likeness (QED) is 0.556. The van der Waals surface area contributed by atoms with E-state index in [1.54, 1.807) is 35.6 Å². The average molecular weight is 369 g/mol. The van der Waals surface area contributed by atoms with Gasteiger partial charge in [0, 0.05) is 4.88 Å². The second kappa shape index (κ2) is 6.34. The first-order valence-corrected chi connectivity index (χ1v) is 9.19. The molecule has 7 heteroatoms. The molecular weight excluding hydrogens is 357 g/mol. The number of thiazole rings is 1. The van der Waals surface area contributed by atoms with Crippen LogP contribution in [0, 0.1) is 12.7 Å². The molecule has 0 amide bonds. The average Bonchev–Trinajstić information content (AvgIpc) is 3.26. The van der Waals surface area contributed by atoms with Crippen molar-refractivity contribution in [2.24, 2.45) is 0 Å². The Morgan fingerprint density at radius 3 is 2.64 bits per heavy atom. The van der Waals surface area contributed by atoms with Gasteiger partial charge in [-0.2, -0.15) is 9.50 Å². The van der Waals surface area contributed by atoms with Crippen molar-refractivity contribution in [2.75, 3.05) is 0 Å². The van der Waals surface area contributed by atoms with Gasteiger partial charge in [-0.3, -0.25) is 4.79 Å². The van der Waals surface area contributed by atoms with Crippen LogP contribution < -0.4 is 10.1 Å². The molecule has 0 aliphatic heterocycles. The lowest BCUT2D eigenvalue weighted by Crippen LogP contribution is -2.23. The lowest BCUT2D eigenvalue weighted by molar-refractivity contribution is 0.628. The van der Waals surface area contributed by atoms with Gasteiger partial charge in [0.1, 0.15) is 5.82 Å². The predicted octanol–water partition coefficient (Wildman–Crippen LogP) is 3.38. The first-order chi connectivity index (χ1) is 12.1. The molecule has 1 aromatic carbocycles. The molecule has 0 saturated carbocycles. The van der Waals surface area contributed by atoms with Crippen LogP contribution in [0.5, 0.6) is 0 Å². The molecule has 3 aromatic heterocycles. The molecule has 25 heavy (non-hydrogen) atoms. The fraction of sp³-hybridized carbons (Fsp3) is 0.0556. The number of thiophene rings is 1. The van der Waals surface area contributed by atoms with Crippen molar-refractivity contribution < 1.29 is 4.39 Å². The highest BCUT2D eigenvalue weighted by atomic mass is 32.1. The van der Waals surface area contributed by atoms with Crippen LogP contribution in [0.15, 0.2) is 40.5 Å². The van der Waals surface area contributed by atoms with Gasteiger partial charge in [0.25, 0.3) is 5.56 Å². The molecule has 0 spiro atoms. The molecule has 4 aromatic rings. The van der Waals surface area contributed by atoms with Crippen LogP contribution in [-0.2, 0) is 0 Å². The first-order valence-electron chi connectivity index (χ1n) is 7.49. The summed E-state index contributed by atoms with van der Waals surface area (Å²) in [5, 5.41) is 6.24. The molecular formula is C18H12FN3OS2. The smallest absolute Gasteiger partial charge is 0.266 e. The second-order valence-electron chi connectivity index (χ2n) is 5.43. The SMILES string of the molecule is Cc1ccsc1/C=c1/sc2nc(/C=C/c3ccc(F)cc3)nn2c1=O. The van der Waals surface area contributed by atoms with Crippen LogP contribution in [0.25, 0.3) is 23.2 Å². The molecule has 0 unspecified atom stereocenters. The number of rotatable bonds is 3. The van der Waals surface area contributed by atoms with E-state index in [0.29, 0.717) is 15.3 Å². The number of aryl methyl sites for hydroxylation is 1. The van der Waals surface area contributed by atoms with Crippen molar-refractivity contribution in [1.82, 2.24) is 14.6 Å². The number of aromatic nitrogens is 3. The molecule has 124 valence electrons. The fourth-order valence-corrected chi connectivity index (χ4v) is 4.15. The Kier molecular flexibility index (Phi) is 4.03. The summed E-state index contributed by atoms with van der Waals surface area (Å²) >= 11 is 2.92. The molecule has 0 bridgehead atoms. The molecule has 0 aliphatic rings. The van der Waals surface area contributed by atoms with E-state index >= 15 is 0 Å². The van der Waals surface area contributed by atoms with E-state index in [0.717, 1.165) is 16.0 Å². The van der Waals surface area contributed by atoms with Gasteiger partial charge in [0.15, 0.2) is 5.82 Å². The largest absolute Gasteiger partial charge is 0.291 e. The molecule has 4 rings (SSSR count). The highest BCUT2D eigenvalue weighted by molar-refractivity contribution is 7.15. The van der Waals surface area contributed by atoms with E-state index in [1.165, 1.54) is 28.0 Å². The molecule has 4 nitrogen and oxygen atoms in total. The van der Waals surface area contributed by atoms with Crippen molar-refractivity contribution in [3.8, 4) is 0 Å². The predicted molar refractivity (Wildman–Crippen MR) is 100 cm³/mol. The highest BCUT2D eigenvalue weighted by Gasteiger charge is 2.09. The summed E-state index contributed by atoms with van der Waals surface area (Å²) < 4.78 is 14.8. The summed E-state index contributed by atoms with van der Waals surface area (Å²) in [6, 6.07) is 8.14. The van der Waals surface area contributed by atoms with E-state index in [-0.39, 0.29) is 11.4 Å². The van der Waals surface area contributed by atoms with E-state index < -0.39 is 0 Å². The zero-order valence-corrected chi connectivity index (χ0v) is 14.8. The molecule has 0 saturated heterocycles. The van der Waals surface area contributed by atoms with Crippen LogP contribution in [0.2, 0.25) is 0 Å². The minimum atomic E-state index is -0.279. The van der Waals surface area contributed by atoms with Crippen LogP contribution in [-0.4, -0.2) is 14.6 Å². The Morgan fingerprint density at radius 2 is 1.96 bits per heavy atom. The van der Waals surface area contributed by atoms with Gasteiger partial charge < -0.3 is 0 Å². The zero-order valence-electron chi connectivity index (χ0n) is 13.1. The van der Waals surface area contributed by atoms with Crippen LogP contribution in [0.3, 0.4) is 0 Å². The number of fused-ring (bicyclic) bond motifs is 1. The first kappa shape index (κ1) is 15.9. The summed E-state index contributed by atoms with van der Waals surface area (Å²) in [7, 11) is 0. The van der Waals surface area contributed by atoms with E-state index in [9.17, 15) is 9.18 Å². The third kappa shape index (κ3) is 3.16. The lowest BCUT2D eigenvalue weighted by Gasteiger charge is -1.91. The van der Waals surface area contributed by atoms with Gasteiger partial charge in [0.2, 0.25) is 4.96 Å². The molecule has 0 atom stereocenters. The summed E-state index contributed by atoms with van der Waals surface area (Å²) in [6.07, 6.45) is 5.38. The Labute approximate surface area is 150 Å². The zero-order chi connectivity index (χ0) is 17.4. The van der Waals surface area contributed by atoms with Crippen molar-refractivity contribution >= 4 is 45.9 Å². The summed E-state index contributed by atoms with van der Waals surface area (Å²) in [4.78, 5) is 18.5. The third-order valence-electron chi connectivity index (χ3n) is 3.66. The van der Waals surface area contributed by atoms with Crippen LogP contribution in [0.4, 0.5) is 4.39 Å². The second-order valence-corrected chi connectivity index (χ2v) is 7.39. The van der Waals surface area contributed by atoms with Crippen molar-refractivity contribution in [1.29, 1.82) is 0 Å². The Morgan fingerprint density at radius 1 is 1.16 bits per heavy atom. The van der Waals surface area contributed by atoms with Gasteiger partial charge in [-0.15, -0.1) is 16.4 Å². The standard InChI is InChI=1S/C18H12FN3OS2/c1-11-8-9-24-14(11)10-15-17(23)22-18(25-15)20-16(21-22)7-4-12-2-5-13(19)6-3-12/h2-10H,1H3/b7-4+,15-10+. The summed E-state index contributed by atoms with van der Waals surface area (Å²) in [5.41, 5.74) is 1.82. The van der Waals surface area contributed by atoms with Crippen molar-refractivity contribution in [3.05, 3.63) is 78.2 Å². The minimum absolute atomic E-state index is 0.165. The van der Waals surface area contributed by atoms with E-state index in [4.69, 9.17) is 0 Å². The Hall–Kier alpha value is -2.64. The molecule has 0 radical (unpaired) electrons. The number of benzene rings is 1. The maximum Gasteiger partial charge on any atom is 0.291 e. The Balaban J connectivity index is 1.68. The van der Waals surface area contributed by atoms with Gasteiger partial charge in [-0.05, 0) is 53.8 Å². The maximum atomic E-state index is 12.9. The highest BCUT2D eigenvalue weighted by Crippen LogP contribution is 2.16. The number of hydrogen-bond acceptors (Lipinski definition) is 5. The Bertz CT molecular complexity index is 1190. The van der Waals surface area contributed by atoms with Crippen molar-refractivity contribution in [3.63, 3.8) is 0 Å². The molecule has 3 heterocycles. The monoisotopic (exact) mass is 369 g/mol. The fourth-order valence-electron chi connectivity index (χ4n) is 2.32.